The molecule has 1 atom stereocenters. The molecule has 33 heavy (non-hydrogen) atoms. The molecule has 172 valence electrons. The molecule has 5 rings (SSSR count). The van der Waals surface area contributed by atoms with E-state index in [4.69, 9.17) is 9.72 Å². The monoisotopic (exact) mass is 447 g/mol. The topological polar surface area (TPSA) is 91.4 Å². The summed E-state index contributed by atoms with van der Waals surface area (Å²) >= 11 is 0. The van der Waals surface area contributed by atoms with Crippen LogP contribution in [0.25, 0.3) is 11.0 Å². The Morgan fingerprint density at radius 1 is 1.09 bits per heavy atom. The maximum absolute atomic E-state index is 13.3. The van der Waals surface area contributed by atoms with Gasteiger partial charge in [-0.1, -0.05) is 6.07 Å². The number of piperidine rings is 2. The van der Waals surface area contributed by atoms with Crippen molar-refractivity contribution < 1.29 is 14.3 Å². The first kappa shape index (κ1) is 21.4. The quantitative estimate of drug-likeness (QED) is 0.663. The van der Waals surface area contributed by atoms with Crippen molar-refractivity contribution in [3.8, 4) is 5.75 Å². The zero-order valence-corrected chi connectivity index (χ0v) is 18.9. The Balaban J connectivity index is 1.19. The molecular formula is C25H29N5O3. The lowest BCUT2D eigenvalue weighted by Crippen LogP contribution is -2.47. The number of aromatic nitrogens is 3. The van der Waals surface area contributed by atoms with Gasteiger partial charge in [-0.25, -0.2) is 4.98 Å². The van der Waals surface area contributed by atoms with Crippen molar-refractivity contribution in [2.75, 3.05) is 33.3 Å². The standard InChI is InChI=1S/C25H29N5O3/c1-33-20-6-2-4-18(14-20)25(32)29-12-8-17(9-13-29)24(31)30-11-3-5-19(16-30)23-27-21-7-10-26-15-22(21)28-23/h2,4,6-7,10,14-15,17,19H,3,5,8-9,11-13,16H2,1H3,(H,27,28). The Labute approximate surface area is 193 Å². The Hall–Kier alpha value is -3.42. The highest BCUT2D eigenvalue weighted by Gasteiger charge is 2.33. The summed E-state index contributed by atoms with van der Waals surface area (Å²) in [7, 11) is 1.59. The molecule has 0 spiro atoms. The zero-order chi connectivity index (χ0) is 22.8. The number of pyridine rings is 1. The smallest absolute Gasteiger partial charge is 0.253 e. The molecule has 0 radical (unpaired) electrons. The molecule has 2 amide bonds. The number of methoxy groups -OCH3 is 1. The summed E-state index contributed by atoms with van der Waals surface area (Å²) in [6.45, 7) is 2.68. The predicted molar refractivity (Wildman–Crippen MR) is 124 cm³/mol. The first-order chi connectivity index (χ1) is 16.1. The Morgan fingerprint density at radius 2 is 1.94 bits per heavy atom. The zero-order valence-electron chi connectivity index (χ0n) is 18.9. The normalized spacial score (nSPS) is 19.6. The molecule has 8 nitrogen and oxygen atoms in total. The van der Waals surface area contributed by atoms with E-state index in [0.29, 0.717) is 43.8 Å². The molecular weight excluding hydrogens is 418 g/mol. The number of H-pyrrole nitrogens is 1. The van der Waals surface area contributed by atoms with Crippen LogP contribution in [0.15, 0.2) is 42.7 Å². The van der Waals surface area contributed by atoms with E-state index in [1.165, 1.54) is 0 Å². The van der Waals surface area contributed by atoms with E-state index in [-0.39, 0.29) is 23.7 Å². The van der Waals surface area contributed by atoms with Crippen molar-refractivity contribution in [1.82, 2.24) is 24.8 Å². The van der Waals surface area contributed by atoms with Crippen molar-refractivity contribution in [1.29, 1.82) is 0 Å². The second-order valence-electron chi connectivity index (χ2n) is 8.94. The highest BCUT2D eigenvalue weighted by molar-refractivity contribution is 5.94. The van der Waals surface area contributed by atoms with Crippen molar-refractivity contribution in [3.63, 3.8) is 0 Å². The van der Waals surface area contributed by atoms with Gasteiger partial charge in [0, 0.05) is 49.8 Å². The number of hydrogen-bond donors (Lipinski definition) is 1. The molecule has 3 aromatic rings. The maximum atomic E-state index is 13.3. The van der Waals surface area contributed by atoms with Gasteiger partial charge in [-0.3, -0.25) is 14.6 Å². The molecule has 2 saturated heterocycles. The minimum atomic E-state index is -0.0296. The van der Waals surface area contributed by atoms with Crippen LogP contribution in [-0.4, -0.2) is 69.9 Å². The van der Waals surface area contributed by atoms with Crippen LogP contribution >= 0.6 is 0 Å². The summed E-state index contributed by atoms with van der Waals surface area (Å²) < 4.78 is 5.23. The van der Waals surface area contributed by atoms with Crippen molar-refractivity contribution in [2.45, 2.75) is 31.6 Å². The highest BCUT2D eigenvalue weighted by atomic mass is 16.5. The average Bonchev–Trinajstić information content (AvgIpc) is 3.32. The van der Waals surface area contributed by atoms with Crippen molar-refractivity contribution >= 4 is 22.8 Å². The number of ether oxygens (including phenoxy) is 1. The van der Waals surface area contributed by atoms with E-state index >= 15 is 0 Å². The summed E-state index contributed by atoms with van der Waals surface area (Å²) in [6, 6.07) is 9.14. The summed E-state index contributed by atoms with van der Waals surface area (Å²) in [5, 5.41) is 0. The van der Waals surface area contributed by atoms with Crippen LogP contribution in [0.2, 0.25) is 0 Å². The third-order valence-corrected chi connectivity index (χ3v) is 6.87. The molecule has 2 aliphatic heterocycles. The Kier molecular flexibility index (Phi) is 5.98. The summed E-state index contributed by atoms with van der Waals surface area (Å²) in [6.07, 6.45) is 6.93. The number of nitrogens with zero attached hydrogens (tertiary/aromatic N) is 4. The number of amides is 2. The van der Waals surface area contributed by atoms with Crippen LogP contribution in [0.4, 0.5) is 0 Å². The van der Waals surface area contributed by atoms with Crippen LogP contribution in [-0.2, 0) is 4.79 Å². The minimum absolute atomic E-state index is 0.00258. The number of fused-ring (bicyclic) bond motifs is 1. The molecule has 2 aliphatic rings. The highest BCUT2D eigenvalue weighted by Crippen LogP contribution is 2.29. The molecule has 1 unspecified atom stereocenters. The van der Waals surface area contributed by atoms with Gasteiger partial charge in [-0.15, -0.1) is 0 Å². The van der Waals surface area contributed by atoms with Crippen LogP contribution in [0, 0.1) is 5.92 Å². The summed E-state index contributed by atoms with van der Waals surface area (Å²) in [5.74, 6) is 2.01. The van der Waals surface area contributed by atoms with E-state index in [0.717, 1.165) is 36.2 Å². The van der Waals surface area contributed by atoms with Gasteiger partial charge in [0.05, 0.1) is 24.3 Å². The second-order valence-corrected chi connectivity index (χ2v) is 8.94. The molecule has 0 bridgehead atoms. The summed E-state index contributed by atoms with van der Waals surface area (Å²) in [5.41, 5.74) is 2.47. The molecule has 1 aromatic carbocycles. The van der Waals surface area contributed by atoms with Gasteiger partial charge in [-0.05, 0) is 49.9 Å². The number of benzene rings is 1. The number of carbonyl (C=O) groups excluding carboxylic acids is 2. The van der Waals surface area contributed by atoms with Gasteiger partial charge < -0.3 is 19.5 Å². The van der Waals surface area contributed by atoms with Crippen LogP contribution in [0.5, 0.6) is 5.75 Å². The molecule has 4 heterocycles. The second kappa shape index (κ2) is 9.21. The third-order valence-electron chi connectivity index (χ3n) is 6.87. The van der Waals surface area contributed by atoms with Gasteiger partial charge in [0.1, 0.15) is 11.6 Å². The molecule has 0 saturated carbocycles. The number of carbonyl (C=O) groups is 2. The SMILES string of the molecule is COc1cccc(C(=O)N2CCC(C(=O)N3CCCC(c4nc5ccncc5[nH]4)C3)CC2)c1. The largest absolute Gasteiger partial charge is 0.497 e. The predicted octanol–water partition coefficient (Wildman–Crippen LogP) is 3.22. The van der Waals surface area contributed by atoms with Gasteiger partial charge in [0.2, 0.25) is 5.91 Å². The Morgan fingerprint density at radius 3 is 2.73 bits per heavy atom. The number of nitrogens with one attached hydrogen (secondary N) is 1. The average molecular weight is 448 g/mol. The number of likely N-dealkylation sites (tertiary alicyclic amines) is 2. The Bertz CT molecular complexity index is 1120. The lowest BCUT2D eigenvalue weighted by molar-refractivity contribution is -0.138. The van der Waals surface area contributed by atoms with Gasteiger partial charge >= 0.3 is 0 Å². The molecule has 2 aromatic heterocycles. The fourth-order valence-electron chi connectivity index (χ4n) is 5.00. The minimum Gasteiger partial charge on any atom is -0.497 e. The van der Waals surface area contributed by atoms with Gasteiger partial charge in [-0.2, -0.15) is 0 Å². The van der Waals surface area contributed by atoms with Crippen LogP contribution in [0.1, 0.15) is 47.8 Å². The van der Waals surface area contributed by atoms with Gasteiger partial charge in [0.25, 0.3) is 5.91 Å². The van der Waals surface area contributed by atoms with E-state index in [1.807, 2.05) is 34.1 Å². The first-order valence-corrected chi connectivity index (χ1v) is 11.6. The lowest BCUT2D eigenvalue weighted by atomic mass is 9.91. The molecule has 1 N–H and O–H groups in total. The van der Waals surface area contributed by atoms with E-state index in [9.17, 15) is 9.59 Å². The maximum Gasteiger partial charge on any atom is 0.253 e. The lowest BCUT2D eigenvalue weighted by Gasteiger charge is -2.37. The summed E-state index contributed by atoms with van der Waals surface area (Å²) in [4.78, 5) is 42.3. The van der Waals surface area contributed by atoms with Crippen LogP contribution < -0.4 is 4.74 Å². The van der Waals surface area contributed by atoms with Crippen molar-refractivity contribution in [3.05, 3.63) is 54.1 Å². The number of hydrogen-bond acceptors (Lipinski definition) is 5. The number of rotatable bonds is 4. The molecule has 2 fully saturated rings. The molecule has 0 aliphatic carbocycles. The van der Waals surface area contributed by atoms with E-state index in [1.54, 1.807) is 25.6 Å². The van der Waals surface area contributed by atoms with Crippen molar-refractivity contribution in [2.24, 2.45) is 5.92 Å². The first-order valence-electron chi connectivity index (χ1n) is 11.6. The van der Waals surface area contributed by atoms with E-state index in [2.05, 4.69) is 9.97 Å². The third kappa shape index (κ3) is 4.42. The van der Waals surface area contributed by atoms with E-state index < -0.39 is 0 Å². The number of aromatic amines is 1. The van der Waals surface area contributed by atoms with Gasteiger partial charge in [0.15, 0.2) is 0 Å². The fourth-order valence-corrected chi connectivity index (χ4v) is 5.00. The number of imidazole rings is 1. The fraction of sp³-hybridized carbons (Fsp3) is 0.440. The molecule has 8 heteroatoms. The van der Waals surface area contributed by atoms with Crippen LogP contribution in [0.3, 0.4) is 0 Å².